The number of nitrogens with one attached hydrogen (secondary N) is 1. The molecule has 0 amide bonds. The molecule has 6 atom stereocenters. The van der Waals surface area contributed by atoms with Gasteiger partial charge in [0.1, 0.15) is 0 Å². The highest BCUT2D eigenvalue weighted by molar-refractivity contribution is 5.70. The van der Waals surface area contributed by atoms with Crippen molar-refractivity contribution < 1.29 is 5.11 Å². The maximum Gasteiger partial charge on any atom is 0.0612 e. The van der Waals surface area contributed by atoms with Crippen LogP contribution < -0.4 is 0 Å². The molecule has 1 aromatic rings. The predicted octanol–water partition coefficient (Wildman–Crippen LogP) is 4.73. The van der Waals surface area contributed by atoms with Crippen molar-refractivity contribution in [1.82, 2.24) is 10.2 Å². The summed E-state index contributed by atoms with van der Waals surface area (Å²) in [6.45, 7) is 5.00. The lowest BCUT2D eigenvalue weighted by Crippen LogP contribution is -2.49. The summed E-state index contributed by atoms with van der Waals surface area (Å²) in [4.78, 5) is 0. The average Bonchev–Trinajstić information content (AvgIpc) is 3.22. The van der Waals surface area contributed by atoms with E-state index in [1.165, 1.54) is 43.4 Å². The van der Waals surface area contributed by atoms with Crippen molar-refractivity contribution in [2.75, 3.05) is 0 Å². The maximum absolute atomic E-state index is 10.1. The molecule has 4 aliphatic rings. The SMILES string of the molecule is CC12CCC(O)CC1=CCC1C2CCC2(C)C(c3ccn[nH]3)=CCC12. The first-order valence-corrected chi connectivity index (χ1v) is 10.1. The summed E-state index contributed by atoms with van der Waals surface area (Å²) >= 11 is 0. The Bertz CT molecular complexity index is 733. The first kappa shape index (κ1) is 15.9. The normalized spacial score (nSPS) is 45.9. The van der Waals surface area contributed by atoms with Crippen LogP contribution in [0.1, 0.15) is 64.5 Å². The first-order valence-electron chi connectivity index (χ1n) is 10.1. The van der Waals surface area contributed by atoms with Gasteiger partial charge < -0.3 is 5.11 Å². The van der Waals surface area contributed by atoms with Gasteiger partial charge in [0.05, 0.1) is 11.8 Å². The van der Waals surface area contributed by atoms with Crippen LogP contribution in [0.25, 0.3) is 5.57 Å². The van der Waals surface area contributed by atoms with E-state index in [0.717, 1.165) is 30.6 Å². The highest BCUT2D eigenvalue weighted by Gasteiger charge is 2.56. The molecule has 3 nitrogen and oxygen atoms in total. The third kappa shape index (κ3) is 2.11. The number of aromatic nitrogens is 2. The number of allylic oxidation sites excluding steroid dienone is 3. The molecule has 0 spiro atoms. The minimum Gasteiger partial charge on any atom is -0.393 e. The first-order chi connectivity index (χ1) is 12.0. The van der Waals surface area contributed by atoms with Gasteiger partial charge in [0.15, 0.2) is 0 Å². The van der Waals surface area contributed by atoms with Gasteiger partial charge in [0, 0.05) is 6.20 Å². The van der Waals surface area contributed by atoms with Crippen LogP contribution in [-0.2, 0) is 0 Å². The molecular weight excluding hydrogens is 308 g/mol. The van der Waals surface area contributed by atoms with E-state index in [1.807, 2.05) is 6.20 Å². The van der Waals surface area contributed by atoms with Gasteiger partial charge in [-0.05, 0) is 85.2 Å². The van der Waals surface area contributed by atoms with Crippen LogP contribution in [0.4, 0.5) is 0 Å². The number of aliphatic hydroxyl groups excluding tert-OH is 1. The van der Waals surface area contributed by atoms with Crippen molar-refractivity contribution in [3.05, 3.63) is 35.7 Å². The zero-order chi connectivity index (χ0) is 17.2. The fourth-order valence-electron chi connectivity index (χ4n) is 7.03. The van der Waals surface area contributed by atoms with E-state index in [0.29, 0.717) is 10.8 Å². The summed E-state index contributed by atoms with van der Waals surface area (Å²) in [5.74, 6) is 2.35. The predicted molar refractivity (Wildman–Crippen MR) is 99.7 cm³/mol. The fraction of sp³-hybridized carbons (Fsp3) is 0.682. The van der Waals surface area contributed by atoms with Gasteiger partial charge >= 0.3 is 0 Å². The Morgan fingerprint density at radius 2 is 1.92 bits per heavy atom. The molecule has 3 heteroatoms. The third-order valence-corrected chi connectivity index (χ3v) is 8.45. The van der Waals surface area contributed by atoms with Crippen molar-refractivity contribution in [2.45, 2.75) is 64.9 Å². The molecule has 0 aliphatic heterocycles. The third-order valence-electron chi connectivity index (χ3n) is 8.45. The Morgan fingerprint density at radius 3 is 2.72 bits per heavy atom. The second-order valence-electron chi connectivity index (χ2n) is 9.44. The van der Waals surface area contributed by atoms with Crippen LogP contribution in [0.3, 0.4) is 0 Å². The lowest BCUT2D eigenvalue weighted by molar-refractivity contribution is -0.0238. The van der Waals surface area contributed by atoms with Gasteiger partial charge in [0.2, 0.25) is 0 Å². The van der Waals surface area contributed by atoms with E-state index in [2.05, 4.69) is 42.3 Å². The number of nitrogens with zero attached hydrogens (tertiary/aromatic N) is 1. The average molecular weight is 338 g/mol. The number of H-pyrrole nitrogens is 1. The van der Waals surface area contributed by atoms with E-state index in [4.69, 9.17) is 0 Å². The Balaban J connectivity index is 1.48. The van der Waals surface area contributed by atoms with Gasteiger partial charge in [-0.2, -0.15) is 5.10 Å². The van der Waals surface area contributed by atoms with Crippen molar-refractivity contribution in [2.24, 2.45) is 28.6 Å². The monoisotopic (exact) mass is 338 g/mol. The van der Waals surface area contributed by atoms with Crippen molar-refractivity contribution in [3.8, 4) is 0 Å². The molecule has 4 aliphatic carbocycles. The quantitative estimate of drug-likeness (QED) is 0.728. The van der Waals surface area contributed by atoms with Gasteiger partial charge in [-0.15, -0.1) is 0 Å². The highest BCUT2D eigenvalue weighted by atomic mass is 16.3. The Hall–Kier alpha value is -1.35. The van der Waals surface area contributed by atoms with E-state index >= 15 is 0 Å². The van der Waals surface area contributed by atoms with Crippen LogP contribution >= 0.6 is 0 Å². The molecule has 1 heterocycles. The van der Waals surface area contributed by atoms with Crippen LogP contribution in [0.5, 0.6) is 0 Å². The Kier molecular flexibility index (Phi) is 3.38. The summed E-state index contributed by atoms with van der Waals surface area (Å²) in [6.07, 6.45) is 14.9. The van der Waals surface area contributed by atoms with Crippen molar-refractivity contribution >= 4 is 5.57 Å². The fourth-order valence-corrected chi connectivity index (χ4v) is 7.03. The molecule has 0 saturated heterocycles. The number of aliphatic hydroxyl groups is 1. The summed E-state index contributed by atoms with van der Waals surface area (Å²) < 4.78 is 0. The summed E-state index contributed by atoms with van der Waals surface area (Å²) in [5, 5.41) is 17.5. The van der Waals surface area contributed by atoms with Crippen LogP contribution in [0.15, 0.2) is 30.0 Å². The summed E-state index contributed by atoms with van der Waals surface area (Å²) in [7, 11) is 0. The molecule has 0 bridgehead atoms. The smallest absolute Gasteiger partial charge is 0.0612 e. The molecule has 5 rings (SSSR count). The minimum atomic E-state index is -0.107. The molecule has 2 fully saturated rings. The molecule has 1 aromatic heterocycles. The molecule has 134 valence electrons. The van der Waals surface area contributed by atoms with E-state index in [-0.39, 0.29) is 6.10 Å². The number of aromatic amines is 1. The zero-order valence-corrected chi connectivity index (χ0v) is 15.5. The minimum absolute atomic E-state index is 0.107. The second kappa shape index (κ2) is 5.33. The van der Waals surface area contributed by atoms with Crippen molar-refractivity contribution in [3.63, 3.8) is 0 Å². The number of rotatable bonds is 1. The highest BCUT2D eigenvalue weighted by Crippen LogP contribution is 2.66. The topological polar surface area (TPSA) is 48.9 Å². The molecule has 25 heavy (non-hydrogen) atoms. The van der Waals surface area contributed by atoms with Gasteiger partial charge in [-0.25, -0.2) is 0 Å². The van der Waals surface area contributed by atoms with Crippen molar-refractivity contribution in [1.29, 1.82) is 0 Å². The molecule has 2 saturated carbocycles. The largest absolute Gasteiger partial charge is 0.393 e. The summed E-state index contributed by atoms with van der Waals surface area (Å²) in [5.41, 5.74) is 4.93. The zero-order valence-electron chi connectivity index (χ0n) is 15.5. The van der Waals surface area contributed by atoms with E-state index in [9.17, 15) is 5.11 Å². The summed E-state index contributed by atoms with van der Waals surface area (Å²) in [6, 6.07) is 2.13. The second-order valence-corrected chi connectivity index (χ2v) is 9.44. The maximum atomic E-state index is 10.1. The van der Waals surface area contributed by atoms with Gasteiger partial charge in [-0.3, -0.25) is 5.10 Å². The molecule has 0 aromatic carbocycles. The lowest BCUT2D eigenvalue weighted by atomic mass is 9.47. The Morgan fingerprint density at radius 1 is 1.08 bits per heavy atom. The molecule has 6 unspecified atom stereocenters. The van der Waals surface area contributed by atoms with Gasteiger partial charge in [-0.1, -0.05) is 31.6 Å². The van der Waals surface area contributed by atoms with E-state index < -0.39 is 0 Å². The number of hydrogen-bond donors (Lipinski definition) is 2. The molecule has 0 radical (unpaired) electrons. The molecular formula is C22H30N2O. The number of hydrogen-bond acceptors (Lipinski definition) is 2. The Labute approximate surface area is 150 Å². The molecule has 2 N–H and O–H groups in total. The van der Waals surface area contributed by atoms with Crippen LogP contribution in [0, 0.1) is 28.6 Å². The van der Waals surface area contributed by atoms with Crippen LogP contribution in [-0.4, -0.2) is 21.4 Å². The van der Waals surface area contributed by atoms with Gasteiger partial charge in [0.25, 0.3) is 0 Å². The number of fused-ring (bicyclic) bond motifs is 5. The standard InChI is InChI=1S/C22H30N2O/c1-21-10-7-15(25)13-14(21)3-4-16-17-5-6-19(20-9-12-23-24-20)22(17,2)11-8-18(16)21/h3,6,9,12,15-18,25H,4-5,7-8,10-11,13H2,1-2H3,(H,23,24). The van der Waals surface area contributed by atoms with E-state index in [1.54, 1.807) is 5.57 Å². The lowest BCUT2D eigenvalue weighted by Gasteiger charge is -2.57. The van der Waals surface area contributed by atoms with Crippen LogP contribution in [0.2, 0.25) is 0 Å².